The molecular formula is C11H12ClNO5. The zero-order valence-corrected chi connectivity index (χ0v) is 10.3. The van der Waals surface area contributed by atoms with Gasteiger partial charge >= 0.3 is 5.97 Å². The number of phenolic OH excluding ortho intramolecular Hbond substituents is 1. The molecule has 18 heavy (non-hydrogen) atoms. The second kappa shape index (κ2) is 6.23. The van der Waals surface area contributed by atoms with Gasteiger partial charge in [-0.1, -0.05) is 11.6 Å². The fraction of sp³-hybridized carbons (Fsp3) is 0.273. The van der Waals surface area contributed by atoms with Crippen LogP contribution in [0.3, 0.4) is 0 Å². The maximum absolute atomic E-state index is 11.8. The molecule has 0 spiro atoms. The van der Waals surface area contributed by atoms with E-state index < -0.39 is 24.5 Å². The predicted molar refractivity (Wildman–Crippen MR) is 63.5 cm³/mol. The Labute approximate surface area is 108 Å². The van der Waals surface area contributed by atoms with Gasteiger partial charge in [0, 0.05) is 5.02 Å². The molecule has 0 radical (unpaired) electrons. The fourth-order valence-corrected chi connectivity index (χ4v) is 1.42. The number of nitrogens with one attached hydrogen (secondary N) is 1. The van der Waals surface area contributed by atoms with Crippen LogP contribution in [0, 0.1) is 0 Å². The van der Waals surface area contributed by atoms with Crippen molar-refractivity contribution in [2.24, 2.45) is 0 Å². The third-order valence-corrected chi connectivity index (χ3v) is 2.41. The first-order chi connectivity index (χ1) is 8.49. The van der Waals surface area contributed by atoms with E-state index in [2.05, 4.69) is 10.1 Å². The molecule has 1 rings (SSSR count). The van der Waals surface area contributed by atoms with Gasteiger partial charge in [-0.25, -0.2) is 4.79 Å². The summed E-state index contributed by atoms with van der Waals surface area (Å²) in [5.41, 5.74) is -0.0927. The van der Waals surface area contributed by atoms with Crippen molar-refractivity contribution in [1.82, 2.24) is 5.32 Å². The van der Waals surface area contributed by atoms with Crippen LogP contribution in [0.4, 0.5) is 0 Å². The molecule has 0 aliphatic heterocycles. The molecule has 6 nitrogen and oxygen atoms in total. The summed E-state index contributed by atoms with van der Waals surface area (Å²) < 4.78 is 4.39. The average molecular weight is 274 g/mol. The van der Waals surface area contributed by atoms with Gasteiger partial charge in [0.05, 0.1) is 19.3 Å². The lowest BCUT2D eigenvalue weighted by Crippen LogP contribution is -2.44. The molecule has 98 valence electrons. The second-order valence-electron chi connectivity index (χ2n) is 3.39. The molecule has 1 aromatic carbocycles. The Morgan fingerprint density at radius 3 is 2.72 bits per heavy atom. The molecule has 0 heterocycles. The van der Waals surface area contributed by atoms with Crippen molar-refractivity contribution in [2.45, 2.75) is 6.04 Å². The normalized spacial score (nSPS) is 11.7. The maximum Gasteiger partial charge on any atom is 0.330 e. The summed E-state index contributed by atoms with van der Waals surface area (Å²) >= 11 is 5.69. The zero-order chi connectivity index (χ0) is 13.7. The highest BCUT2D eigenvalue weighted by molar-refractivity contribution is 6.31. The number of aromatic hydroxyl groups is 1. The Balaban J connectivity index is 2.87. The number of hydrogen-bond acceptors (Lipinski definition) is 5. The first-order valence-electron chi connectivity index (χ1n) is 4.97. The summed E-state index contributed by atoms with van der Waals surface area (Å²) in [6.07, 6.45) is 0. The van der Waals surface area contributed by atoms with Gasteiger partial charge in [-0.05, 0) is 18.2 Å². The van der Waals surface area contributed by atoms with Crippen molar-refractivity contribution in [1.29, 1.82) is 0 Å². The van der Waals surface area contributed by atoms with E-state index in [0.29, 0.717) is 0 Å². The minimum absolute atomic E-state index is 0.0927. The number of ether oxygens (including phenoxy) is 1. The summed E-state index contributed by atoms with van der Waals surface area (Å²) in [6.45, 7) is -0.611. The molecule has 0 aliphatic rings. The van der Waals surface area contributed by atoms with Gasteiger partial charge in [-0.15, -0.1) is 0 Å². The number of methoxy groups -OCH3 is 1. The van der Waals surface area contributed by atoms with Gasteiger partial charge in [0.1, 0.15) is 5.75 Å². The van der Waals surface area contributed by atoms with Crippen molar-refractivity contribution in [2.75, 3.05) is 13.7 Å². The Morgan fingerprint density at radius 1 is 1.50 bits per heavy atom. The lowest BCUT2D eigenvalue weighted by Gasteiger charge is -2.14. The topological polar surface area (TPSA) is 95.9 Å². The van der Waals surface area contributed by atoms with Crippen LogP contribution < -0.4 is 5.32 Å². The van der Waals surface area contributed by atoms with E-state index in [-0.39, 0.29) is 16.3 Å². The fourth-order valence-electron chi connectivity index (χ4n) is 1.25. The van der Waals surface area contributed by atoms with Gasteiger partial charge in [-0.3, -0.25) is 4.79 Å². The zero-order valence-electron chi connectivity index (χ0n) is 9.51. The minimum atomic E-state index is -1.19. The van der Waals surface area contributed by atoms with Crippen LogP contribution in [-0.4, -0.2) is 41.8 Å². The average Bonchev–Trinajstić information content (AvgIpc) is 2.37. The number of aliphatic hydroxyl groups excluding tert-OH is 1. The number of esters is 1. The summed E-state index contributed by atoms with van der Waals surface area (Å²) in [7, 11) is 1.13. The van der Waals surface area contributed by atoms with Gasteiger partial charge in [0.15, 0.2) is 6.04 Å². The third kappa shape index (κ3) is 3.35. The summed E-state index contributed by atoms with van der Waals surface area (Å²) in [6, 6.07) is 2.72. The molecule has 1 atom stereocenters. The molecule has 0 saturated heterocycles. The first-order valence-corrected chi connectivity index (χ1v) is 5.35. The number of benzene rings is 1. The Morgan fingerprint density at radius 2 is 2.17 bits per heavy atom. The summed E-state index contributed by atoms with van der Waals surface area (Å²) in [5.74, 6) is -1.80. The van der Waals surface area contributed by atoms with Crippen molar-refractivity contribution >= 4 is 23.5 Å². The number of rotatable bonds is 4. The number of phenols is 1. The van der Waals surface area contributed by atoms with Gasteiger partial charge in [0.2, 0.25) is 0 Å². The van der Waals surface area contributed by atoms with Gasteiger partial charge < -0.3 is 20.3 Å². The van der Waals surface area contributed by atoms with Crippen LogP contribution in [0.2, 0.25) is 5.02 Å². The van der Waals surface area contributed by atoms with Crippen molar-refractivity contribution in [3.63, 3.8) is 0 Å². The quantitative estimate of drug-likeness (QED) is 0.686. The van der Waals surface area contributed by atoms with Gasteiger partial charge in [0.25, 0.3) is 5.91 Å². The van der Waals surface area contributed by atoms with Gasteiger partial charge in [-0.2, -0.15) is 0 Å². The molecule has 0 bridgehead atoms. The molecule has 1 aromatic rings. The van der Waals surface area contributed by atoms with E-state index in [1.807, 2.05) is 0 Å². The molecule has 3 N–H and O–H groups in total. The first kappa shape index (κ1) is 14.3. The van der Waals surface area contributed by atoms with Crippen molar-refractivity contribution in [3.05, 3.63) is 28.8 Å². The number of carbonyl (C=O) groups excluding carboxylic acids is 2. The Bertz CT molecular complexity index is 463. The standard InChI is InChI=1S/C11H12ClNO5/c1-18-11(17)8(5-14)13-10(16)7-4-6(12)2-3-9(7)15/h2-4,8,14-15H,5H2,1H3,(H,13,16). The van der Waals surface area contributed by atoms with Crippen molar-refractivity contribution < 1.29 is 24.5 Å². The van der Waals surface area contributed by atoms with Crippen LogP contribution in [0.15, 0.2) is 18.2 Å². The van der Waals surface area contributed by atoms with Crippen LogP contribution in [-0.2, 0) is 9.53 Å². The molecule has 1 amide bonds. The van der Waals surface area contributed by atoms with Crippen LogP contribution >= 0.6 is 11.6 Å². The number of hydrogen-bond donors (Lipinski definition) is 3. The van der Waals surface area contributed by atoms with E-state index in [0.717, 1.165) is 7.11 Å². The Kier molecular flexibility index (Phi) is 4.94. The smallest absolute Gasteiger partial charge is 0.330 e. The number of amides is 1. The SMILES string of the molecule is COC(=O)C(CO)NC(=O)c1cc(Cl)ccc1O. The summed E-state index contributed by atoms with van der Waals surface area (Å²) in [4.78, 5) is 22.9. The van der Waals surface area contributed by atoms with E-state index in [9.17, 15) is 14.7 Å². The van der Waals surface area contributed by atoms with E-state index in [4.69, 9.17) is 16.7 Å². The highest BCUT2D eigenvalue weighted by atomic mass is 35.5. The van der Waals surface area contributed by atoms with E-state index in [1.165, 1.54) is 18.2 Å². The summed E-state index contributed by atoms with van der Waals surface area (Å²) in [5, 5.41) is 20.9. The third-order valence-electron chi connectivity index (χ3n) is 2.18. The molecule has 7 heteroatoms. The lowest BCUT2D eigenvalue weighted by molar-refractivity contribution is -0.143. The number of halogens is 1. The number of aliphatic hydroxyl groups is 1. The monoisotopic (exact) mass is 273 g/mol. The predicted octanol–water partition coefficient (Wildman–Crippen LogP) is 0.309. The molecule has 0 saturated carbocycles. The molecule has 0 aromatic heterocycles. The van der Waals surface area contributed by atoms with Crippen molar-refractivity contribution in [3.8, 4) is 5.75 Å². The maximum atomic E-state index is 11.8. The molecule has 0 aliphatic carbocycles. The molecule has 0 fully saturated rings. The number of carbonyl (C=O) groups is 2. The highest BCUT2D eigenvalue weighted by Gasteiger charge is 2.22. The van der Waals surface area contributed by atoms with E-state index >= 15 is 0 Å². The van der Waals surface area contributed by atoms with E-state index in [1.54, 1.807) is 0 Å². The molecule has 1 unspecified atom stereocenters. The molecular weight excluding hydrogens is 262 g/mol. The Hall–Kier alpha value is -1.79. The van der Waals surface area contributed by atoms with Crippen LogP contribution in [0.1, 0.15) is 10.4 Å². The largest absolute Gasteiger partial charge is 0.507 e. The minimum Gasteiger partial charge on any atom is -0.507 e. The highest BCUT2D eigenvalue weighted by Crippen LogP contribution is 2.21. The lowest BCUT2D eigenvalue weighted by atomic mass is 10.1. The van der Waals surface area contributed by atoms with Crippen LogP contribution in [0.5, 0.6) is 5.75 Å². The second-order valence-corrected chi connectivity index (χ2v) is 3.83. The van der Waals surface area contributed by atoms with Crippen LogP contribution in [0.25, 0.3) is 0 Å².